The van der Waals surface area contributed by atoms with Gasteiger partial charge in [0.25, 0.3) is 5.91 Å². The molecule has 42 heavy (non-hydrogen) atoms. The van der Waals surface area contributed by atoms with Gasteiger partial charge in [0.15, 0.2) is 0 Å². The minimum atomic E-state index is -0.443. The normalized spacial score (nSPS) is 20.9. The van der Waals surface area contributed by atoms with Crippen LogP contribution < -0.4 is 15.4 Å². The molecule has 3 heterocycles. The lowest BCUT2D eigenvalue weighted by molar-refractivity contribution is -0.138. The molecule has 3 atom stereocenters. The lowest BCUT2D eigenvalue weighted by atomic mass is 9.99. The molecular formula is C31H38N4O7. The second-order valence-electron chi connectivity index (χ2n) is 11.2. The van der Waals surface area contributed by atoms with Crippen LogP contribution in [0.1, 0.15) is 78.5 Å². The predicted octanol–water partition coefficient (Wildman–Crippen LogP) is 2.25. The molecular weight excluding hydrogens is 540 g/mol. The number of carbonyl (C=O) groups is 4. The highest BCUT2D eigenvalue weighted by Gasteiger charge is 2.35. The van der Waals surface area contributed by atoms with Gasteiger partial charge < -0.3 is 30.1 Å². The second kappa shape index (κ2) is 13.8. The van der Waals surface area contributed by atoms with Gasteiger partial charge in [-0.15, -0.1) is 0 Å². The van der Waals surface area contributed by atoms with E-state index in [-0.39, 0.29) is 67.5 Å². The Balaban J connectivity index is 1.11. The number of carbonyl (C=O) groups excluding carboxylic acids is 4. The van der Waals surface area contributed by atoms with E-state index in [1.807, 2.05) is 12.1 Å². The second-order valence-corrected chi connectivity index (χ2v) is 11.2. The van der Waals surface area contributed by atoms with E-state index >= 15 is 0 Å². The SMILES string of the molecule is O=C(CCO)NC(CCOc1ccc(C(=O)N[C@H]2CCCN(C(=O)[C@H]3COC(=O)C3)C2)nc1)c1cccc(C2CC2)c1. The fourth-order valence-corrected chi connectivity index (χ4v) is 5.52. The summed E-state index contributed by atoms with van der Waals surface area (Å²) in [5, 5.41) is 15.1. The van der Waals surface area contributed by atoms with Gasteiger partial charge in [0, 0.05) is 32.0 Å². The average Bonchev–Trinajstić information content (AvgIpc) is 3.77. The van der Waals surface area contributed by atoms with Crippen molar-refractivity contribution in [1.82, 2.24) is 20.5 Å². The number of nitrogens with zero attached hydrogens (tertiary/aromatic N) is 2. The number of hydrogen-bond acceptors (Lipinski definition) is 8. The van der Waals surface area contributed by atoms with Crippen molar-refractivity contribution in [1.29, 1.82) is 0 Å². The summed E-state index contributed by atoms with van der Waals surface area (Å²) in [5.74, 6) is -0.355. The van der Waals surface area contributed by atoms with E-state index in [0.29, 0.717) is 37.8 Å². The van der Waals surface area contributed by atoms with Gasteiger partial charge in [0.2, 0.25) is 11.8 Å². The first-order valence-corrected chi connectivity index (χ1v) is 14.7. The molecule has 3 N–H and O–H groups in total. The summed E-state index contributed by atoms with van der Waals surface area (Å²) in [7, 11) is 0. The van der Waals surface area contributed by atoms with Crippen molar-refractivity contribution in [3.8, 4) is 5.75 Å². The maximum atomic E-state index is 12.9. The van der Waals surface area contributed by atoms with Crippen molar-refractivity contribution in [2.75, 3.05) is 32.9 Å². The molecule has 2 saturated heterocycles. The molecule has 0 radical (unpaired) electrons. The van der Waals surface area contributed by atoms with E-state index in [0.717, 1.165) is 18.4 Å². The molecule has 3 amide bonds. The molecule has 3 fully saturated rings. The molecule has 1 aromatic heterocycles. The summed E-state index contributed by atoms with van der Waals surface area (Å²) in [6.45, 7) is 1.21. The predicted molar refractivity (Wildman–Crippen MR) is 151 cm³/mol. The Morgan fingerprint density at radius 1 is 1.17 bits per heavy atom. The molecule has 11 nitrogen and oxygen atoms in total. The molecule has 1 unspecified atom stereocenters. The highest BCUT2D eigenvalue weighted by Crippen LogP contribution is 2.40. The largest absolute Gasteiger partial charge is 0.492 e. The van der Waals surface area contributed by atoms with Gasteiger partial charge in [-0.05, 0) is 54.9 Å². The number of ether oxygens (including phenoxy) is 2. The summed E-state index contributed by atoms with van der Waals surface area (Å²) in [4.78, 5) is 55.2. The van der Waals surface area contributed by atoms with Gasteiger partial charge in [-0.25, -0.2) is 4.98 Å². The summed E-state index contributed by atoms with van der Waals surface area (Å²) in [6.07, 6.45) is 6.04. The van der Waals surface area contributed by atoms with E-state index < -0.39 is 5.92 Å². The van der Waals surface area contributed by atoms with Crippen molar-refractivity contribution in [2.45, 2.75) is 62.9 Å². The fraction of sp³-hybridized carbons (Fsp3) is 0.516. The van der Waals surface area contributed by atoms with Gasteiger partial charge >= 0.3 is 5.97 Å². The van der Waals surface area contributed by atoms with Gasteiger partial charge in [-0.3, -0.25) is 19.2 Å². The number of benzene rings is 1. The molecule has 1 aliphatic carbocycles. The smallest absolute Gasteiger partial charge is 0.306 e. The van der Waals surface area contributed by atoms with Gasteiger partial charge in [-0.2, -0.15) is 0 Å². The number of nitrogens with one attached hydrogen (secondary N) is 2. The molecule has 5 rings (SSSR count). The zero-order valence-corrected chi connectivity index (χ0v) is 23.6. The van der Waals surface area contributed by atoms with Crippen LogP contribution in [0.25, 0.3) is 0 Å². The Morgan fingerprint density at radius 2 is 2.02 bits per heavy atom. The topological polar surface area (TPSA) is 147 Å². The third-order valence-electron chi connectivity index (χ3n) is 7.96. The van der Waals surface area contributed by atoms with Gasteiger partial charge in [-0.1, -0.05) is 24.3 Å². The minimum Gasteiger partial charge on any atom is -0.492 e. The molecule has 1 aromatic carbocycles. The van der Waals surface area contributed by atoms with Gasteiger partial charge in [0.1, 0.15) is 18.1 Å². The number of aromatic nitrogens is 1. The maximum absolute atomic E-state index is 12.9. The molecule has 3 aliphatic rings. The number of piperidine rings is 1. The van der Waals surface area contributed by atoms with Crippen LogP contribution in [0.2, 0.25) is 0 Å². The highest BCUT2D eigenvalue weighted by molar-refractivity contribution is 5.92. The Kier molecular flexibility index (Phi) is 9.68. The zero-order valence-electron chi connectivity index (χ0n) is 23.6. The maximum Gasteiger partial charge on any atom is 0.306 e. The van der Waals surface area contributed by atoms with Crippen LogP contribution in [0, 0.1) is 5.92 Å². The quantitative estimate of drug-likeness (QED) is 0.325. The van der Waals surface area contributed by atoms with Crippen LogP contribution in [0.3, 0.4) is 0 Å². The Labute approximate surface area is 245 Å². The number of esters is 1. The van der Waals surface area contributed by atoms with Crippen molar-refractivity contribution in [2.24, 2.45) is 5.92 Å². The number of likely N-dealkylation sites (tertiary alicyclic amines) is 1. The van der Waals surface area contributed by atoms with E-state index in [2.05, 4.69) is 27.8 Å². The molecule has 1 saturated carbocycles. The monoisotopic (exact) mass is 578 g/mol. The Hall–Kier alpha value is -3.99. The Morgan fingerprint density at radius 3 is 2.74 bits per heavy atom. The number of hydrogen-bond donors (Lipinski definition) is 3. The first-order chi connectivity index (χ1) is 20.4. The van der Waals surface area contributed by atoms with Crippen LogP contribution in [-0.2, 0) is 19.1 Å². The number of amides is 3. The average molecular weight is 579 g/mol. The molecule has 224 valence electrons. The number of pyridine rings is 1. The molecule has 0 spiro atoms. The van der Waals surface area contributed by atoms with E-state index in [4.69, 9.17) is 14.6 Å². The first-order valence-electron chi connectivity index (χ1n) is 14.7. The van der Waals surface area contributed by atoms with Crippen molar-refractivity contribution in [3.63, 3.8) is 0 Å². The summed E-state index contributed by atoms with van der Waals surface area (Å²) in [5.41, 5.74) is 2.53. The van der Waals surface area contributed by atoms with Crippen LogP contribution in [-0.4, -0.2) is 77.6 Å². The van der Waals surface area contributed by atoms with E-state index in [1.165, 1.54) is 24.6 Å². The summed E-state index contributed by atoms with van der Waals surface area (Å²) in [6, 6.07) is 11.1. The lowest BCUT2D eigenvalue weighted by Crippen LogP contribution is -2.51. The number of aliphatic hydroxyl groups is 1. The standard InChI is InChI=1S/C31H38N4O7/c36-13-10-28(37)34-26(22-4-1-3-21(15-22)20-6-7-20)11-14-41-25-8-9-27(32-17-25)30(39)33-24-5-2-12-35(18-24)31(40)23-16-29(38)42-19-23/h1,3-4,8-9,15,17,20,23-24,26,36H,2,5-7,10-14,16,18-19H2,(H,33,39)(H,34,37)/t23-,24+,26?/m1/s1. The summed E-state index contributed by atoms with van der Waals surface area (Å²) < 4.78 is 10.8. The Bertz CT molecular complexity index is 1280. The summed E-state index contributed by atoms with van der Waals surface area (Å²) >= 11 is 0. The number of cyclic esters (lactones) is 1. The van der Waals surface area contributed by atoms with E-state index in [1.54, 1.807) is 17.0 Å². The zero-order chi connectivity index (χ0) is 29.5. The minimum absolute atomic E-state index is 0.0405. The van der Waals surface area contributed by atoms with Crippen molar-refractivity contribution < 1.29 is 33.8 Å². The third kappa shape index (κ3) is 7.84. The number of aliphatic hydroxyl groups excluding tert-OH is 1. The first kappa shape index (κ1) is 29.5. The van der Waals surface area contributed by atoms with Crippen LogP contribution in [0.15, 0.2) is 42.6 Å². The van der Waals surface area contributed by atoms with Gasteiger partial charge in [0.05, 0.1) is 37.8 Å². The van der Waals surface area contributed by atoms with Crippen molar-refractivity contribution >= 4 is 23.7 Å². The third-order valence-corrected chi connectivity index (χ3v) is 7.96. The van der Waals surface area contributed by atoms with Crippen molar-refractivity contribution in [3.05, 3.63) is 59.4 Å². The molecule has 0 bridgehead atoms. The van der Waals surface area contributed by atoms with E-state index in [9.17, 15) is 19.2 Å². The fourth-order valence-electron chi connectivity index (χ4n) is 5.52. The highest BCUT2D eigenvalue weighted by atomic mass is 16.5. The van der Waals surface area contributed by atoms with Crippen LogP contribution in [0.4, 0.5) is 0 Å². The molecule has 11 heteroatoms. The molecule has 2 aliphatic heterocycles. The van der Waals surface area contributed by atoms with Crippen LogP contribution in [0.5, 0.6) is 5.75 Å². The lowest BCUT2D eigenvalue weighted by Gasteiger charge is -2.34. The van der Waals surface area contributed by atoms with Crippen LogP contribution >= 0.6 is 0 Å². The number of rotatable bonds is 12. The molecule has 2 aromatic rings.